The highest BCUT2D eigenvalue weighted by Crippen LogP contribution is 2.27. The smallest absolute Gasteiger partial charge is 0.305 e. The average molecular weight is 272 g/mol. The van der Waals surface area contributed by atoms with Crippen molar-refractivity contribution in [2.45, 2.75) is 31.8 Å². The number of carbonyl (C=O) groups excluding carboxylic acids is 2. The van der Waals surface area contributed by atoms with Gasteiger partial charge in [0.15, 0.2) is 0 Å². The van der Waals surface area contributed by atoms with Crippen molar-refractivity contribution in [1.29, 1.82) is 0 Å². The van der Waals surface area contributed by atoms with E-state index in [1.54, 1.807) is 0 Å². The molecule has 0 aromatic carbocycles. The van der Waals surface area contributed by atoms with Crippen molar-refractivity contribution in [3.05, 3.63) is 0 Å². The Balaban J connectivity index is 2.01. The second-order valence-electron chi connectivity index (χ2n) is 5.22. The number of amides is 1. The monoisotopic (exact) mass is 272 g/mol. The predicted octanol–water partition coefficient (Wildman–Crippen LogP) is -0.241. The zero-order valence-electron chi connectivity index (χ0n) is 11.7. The molecule has 0 spiro atoms. The molecular formula is C13H24N2O4. The van der Waals surface area contributed by atoms with Gasteiger partial charge in [0.2, 0.25) is 5.91 Å². The fraction of sp³-hybridized carbons (Fsp3) is 0.846. The third kappa shape index (κ3) is 6.54. The number of carbonyl (C=O) groups is 2. The zero-order valence-corrected chi connectivity index (χ0v) is 11.7. The molecule has 6 heteroatoms. The number of hydrogen-bond donors (Lipinski definition) is 2. The molecule has 1 rings (SSSR count). The molecule has 0 saturated heterocycles. The minimum atomic E-state index is -0.255. The van der Waals surface area contributed by atoms with Crippen LogP contribution in [0.3, 0.4) is 0 Å². The standard InChI is InChI=1S/C13H24N2O4/c1-15(8-10-6-11(16)7-10)9-12(17)14-5-3-4-13(18)19-2/h10-11,16H,3-9H2,1-2H3,(H,14,17). The lowest BCUT2D eigenvalue weighted by atomic mass is 9.82. The fourth-order valence-electron chi connectivity index (χ4n) is 2.22. The predicted molar refractivity (Wildman–Crippen MR) is 70.5 cm³/mol. The van der Waals surface area contributed by atoms with Gasteiger partial charge in [0, 0.05) is 19.5 Å². The van der Waals surface area contributed by atoms with E-state index in [2.05, 4.69) is 10.1 Å². The minimum Gasteiger partial charge on any atom is -0.469 e. The molecule has 0 atom stereocenters. The van der Waals surface area contributed by atoms with E-state index in [4.69, 9.17) is 0 Å². The van der Waals surface area contributed by atoms with Crippen LogP contribution in [-0.2, 0) is 14.3 Å². The molecule has 1 fully saturated rings. The maximum Gasteiger partial charge on any atom is 0.305 e. The van der Waals surface area contributed by atoms with Crippen LogP contribution in [0.15, 0.2) is 0 Å². The zero-order chi connectivity index (χ0) is 14.3. The highest BCUT2D eigenvalue weighted by Gasteiger charge is 2.28. The molecule has 6 nitrogen and oxygen atoms in total. The van der Waals surface area contributed by atoms with Crippen molar-refractivity contribution < 1.29 is 19.4 Å². The quantitative estimate of drug-likeness (QED) is 0.471. The molecule has 1 aliphatic carbocycles. The molecule has 2 N–H and O–H groups in total. The van der Waals surface area contributed by atoms with Crippen LogP contribution in [-0.4, -0.2) is 61.8 Å². The van der Waals surface area contributed by atoms with E-state index in [-0.39, 0.29) is 18.0 Å². The van der Waals surface area contributed by atoms with Crippen molar-refractivity contribution >= 4 is 11.9 Å². The van der Waals surface area contributed by atoms with Gasteiger partial charge in [0.1, 0.15) is 0 Å². The number of rotatable bonds is 8. The largest absolute Gasteiger partial charge is 0.469 e. The van der Waals surface area contributed by atoms with Crippen LogP contribution in [0.2, 0.25) is 0 Å². The molecule has 0 aromatic heterocycles. The first kappa shape index (κ1) is 15.9. The molecule has 1 saturated carbocycles. The van der Waals surface area contributed by atoms with Gasteiger partial charge >= 0.3 is 5.97 Å². The Morgan fingerprint density at radius 2 is 2.11 bits per heavy atom. The van der Waals surface area contributed by atoms with E-state index < -0.39 is 0 Å². The van der Waals surface area contributed by atoms with E-state index in [9.17, 15) is 14.7 Å². The maximum absolute atomic E-state index is 11.6. The second-order valence-corrected chi connectivity index (χ2v) is 5.22. The van der Waals surface area contributed by atoms with E-state index in [0.717, 1.165) is 19.4 Å². The number of ether oxygens (including phenoxy) is 1. The Bertz CT molecular complexity index is 303. The summed E-state index contributed by atoms with van der Waals surface area (Å²) in [5.41, 5.74) is 0. The lowest BCUT2D eigenvalue weighted by molar-refractivity contribution is -0.140. The van der Waals surface area contributed by atoms with Gasteiger partial charge in [-0.1, -0.05) is 0 Å². The molecular weight excluding hydrogens is 248 g/mol. The first-order valence-corrected chi connectivity index (χ1v) is 6.71. The van der Waals surface area contributed by atoms with Gasteiger partial charge in [0.05, 0.1) is 19.8 Å². The Hall–Kier alpha value is -1.14. The number of likely N-dealkylation sites (N-methyl/N-ethyl adjacent to an activating group) is 1. The summed E-state index contributed by atoms with van der Waals surface area (Å²) in [7, 11) is 3.26. The number of nitrogens with zero attached hydrogens (tertiary/aromatic N) is 1. The summed E-state index contributed by atoms with van der Waals surface area (Å²) in [4.78, 5) is 24.4. The summed E-state index contributed by atoms with van der Waals surface area (Å²) < 4.78 is 4.51. The van der Waals surface area contributed by atoms with Crippen molar-refractivity contribution in [2.75, 3.05) is 33.8 Å². The Labute approximate surface area is 114 Å². The lowest BCUT2D eigenvalue weighted by Crippen LogP contribution is -2.41. The van der Waals surface area contributed by atoms with Gasteiger partial charge in [-0.2, -0.15) is 0 Å². The lowest BCUT2D eigenvalue weighted by Gasteiger charge is -2.34. The molecule has 19 heavy (non-hydrogen) atoms. The van der Waals surface area contributed by atoms with Crippen LogP contribution in [0.1, 0.15) is 25.7 Å². The summed E-state index contributed by atoms with van der Waals surface area (Å²) >= 11 is 0. The van der Waals surface area contributed by atoms with Crippen LogP contribution < -0.4 is 5.32 Å². The Kier molecular flexibility index (Phi) is 6.80. The number of methoxy groups -OCH3 is 1. The van der Waals surface area contributed by atoms with Gasteiger partial charge < -0.3 is 15.2 Å². The number of aliphatic hydroxyl groups excluding tert-OH is 1. The van der Waals surface area contributed by atoms with Crippen LogP contribution in [0.25, 0.3) is 0 Å². The van der Waals surface area contributed by atoms with Crippen LogP contribution in [0, 0.1) is 5.92 Å². The molecule has 0 heterocycles. The molecule has 1 aliphatic rings. The van der Waals surface area contributed by atoms with Gasteiger partial charge in [-0.05, 0) is 32.2 Å². The molecule has 0 aromatic rings. The van der Waals surface area contributed by atoms with Gasteiger partial charge in [-0.25, -0.2) is 0 Å². The van der Waals surface area contributed by atoms with Crippen LogP contribution >= 0.6 is 0 Å². The van der Waals surface area contributed by atoms with Gasteiger partial charge in [-0.3, -0.25) is 14.5 Å². The third-order valence-corrected chi connectivity index (χ3v) is 3.30. The Morgan fingerprint density at radius 1 is 1.42 bits per heavy atom. The number of esters is 1. The van der Waals surface area contributed by atoms with Crippen LogP contribution in [0.5, 0.6) is 0 Å². The van der Waals surface area contributed by atoms with E-state index in [0.29, 0.717) is 31.8 Å². The molecule has 1 amide bonds. The van der Waals surface area contributed by atoms with E-state index in [1.807, 2.05) is 11.9 Å². The van der Waals surface area contributed by atoms with Crippen molar-refractivity contribution in [3.8, 4) is 0 Å². The van der Waals surface area contributed by atoms with Crippen LogP contribution in [0.4, 0.5) is 0 Å². The first-order chi connectivity index (χ1) is 9.01. The molecule has 0 unspecified atom stereocenters. The summed E-state index contributed by atoms with van der Waals surface area (Å²) in [5.74, 6) is 0.217. The van der Waals surface area contributed by atoms with Gasteiger partial charge in [0.25, 0.3) is 0 Å². The third-order valence-electron chi connectivity index (χ3n) is 3.30. The summed E-state index contributed by atoms with van der Waals surface area (Å²) in [6.45, 7) is 1.68. The SMILES string of the molecule is COC(=O)CCCNC(=O)CN(C)CC1CC(O)C1. The second kappa shape index (κ2) is 8.12. The maximum atomic E-state index is 11.6. The first-order valence-electron chi connectivity index (χ1n) is 6.71. The highest BCUT2D eigenvalue weighted by atomic mass is 16.5. The number of aliphatic hydroxyl groups is 1. The van der Waals surface area contributed by atoms with Gasteiger partial charge in [-0.15, -0.1) is 0 Å². The molecule has 0 bridgehead atoms. The van der Waals surface area contributed by atoms with Crippen molar-refractivity contribution in [2.24, 2.45) is 5.92 Å². The summed E-state index contributed by atoms with van der Waals surface area (Å²) in [5, 5.41) is 12.0. The topological polar surface area (TPSA) is 78.9 Å². The van der Waals surface area contributed by atoms with Crippen molar-refractivity contribution in [1.82, 2.24) is 10.2 Å². The summed E-state index contributed by atoms with van der Waals surface area (Å²) in [6.07, 6.45) is 2.45. The van der Waals surface area contributed by atoms with E-state index >= 15 is 0 Å². The molecule has 110 valence electrons. The molecule has 0 radical (unpaired) electrons. The molecule has 0 aliphatic heterocycles. The average Bonchev–Trinajstić information content (AvgIpc) is 2.32. The summed E-state index contributed by atoms with van der Waals surface area (Å²) in [6, 6.07) is 0. The van der Waals surface area contributed by atoms with E-state index in [1.165, 1.54) is 7.11 Å². The minimum absolute atomic E-state index is 0.0350. The number of nitrogens with one attached hydrogen (secondary N) is 1. The van der Waals surface area contributed by atoms with Crippen molar-refractivity contribution in [3.63, 3.8) is 0 Å². The number of hydrogen-bond acceptors (Lipinski definition) is 5. The highest BCUT2D eigenvalue weighted by molar-refractivity contribution is 5.78. The normalized spacial score (nSPS) is 21.9. The fourth-order valence-corrected chi connectivity index (χ4v) is 2.22. The Morgan fingerprint density at radius 3 is 2.68 bits per heavy atom.